The number of alkyl halides is 2. The molecular weight excluding hydrogens is 438 g/mol. The van der Waals surface area contributed by atoms with Gasteiger partial charge in [0.1, 0.15) is 5.75 Å². The first-order valence-corrected chi connectivity index (χ1v) is 11.3. The summed E-state index contributed by atoms with van der Waals surface area (Å²) in [5.74, 6) is -0.131. The number of nitrogens with zero attached hydrogens (tertiary/aromatic N) is 1. The second kappa shape index (κ2) is 8.58. The third kappa shape index (κ3) is 4.57. The van der Waals surface area contributed by atoms with Gasteiger partial charge in [-0.15, -0.1) is 0 Å². The van der Waals surface area contributed by atoms with Crippen molar-refractivity contribution in [2.24, 2.45) is 0 Å². The lowest BCUT2D eigenvalue weighted by molar-refractivity contribution is -0.117. The molecular formula is C23H20F2N2O4S. The molecule has 1 aliphatic rings. The maximum atomic E-state index is 12.9. The number of benzene rings is 3. The highest BCUT2D eigenvalue weighted by Crippen LogP contribution is 2.31. The standard InChI is InChI=1S/C23H20F2N2O4S/c1-27-20-9-8-19(13-16(20)14-22(27)28)32(29,30)26-18-7-10-21(31-23(24)25)17(12-18)11-15-5-3-2-4-6-15/h2-10,12-13,23,26H,11,14H2,1H3. The summed E-state index contributed by atoms with van der Waals surface area (Å²) in [7, 11) is -2.33. The number of hydrogen-bond donors (Lipinski definition) is 1. The molecule has 0 spiro atoms. The zero-order valence-corrected chi connectivity index (χ0v) is 17.9. The van der Waals surface area contributed by atoms with Gasteiger partial charge in [0.15, 0.2) is 0 Å². The maximum absolute atomic E-state index is 12.9. The van der Waals surface area contributed by atoms with Crippen LogP contribution in [0.3, 0.4) is 0 Å². The van der Waals surface area contributed by atoms with E-state index in [2.05, 4.69) is 9.46 Å². The molecule has 1 amide bonds. The minimum Gasteiger partial charge on any atom is -0.435 e. The van der Waals surface area contributed by atoms with Gasteiger partial charge in [0, 0.05) is 30.4 Å². The number of hydrogen-bond acceptors (Lipinski definition) is 4. The minimum absolute atomic E-state index is 0.0110. The van der Waals surface area contributed by atoms with Crippen LogP contribution < -0.4 is 14.4 Å². The third-order valence-electron chi connectivity index (χ3n) is 5.20. The van der Waals surface area contributed by atoms with E-state index in [-0.39, 0.29) is 35.1 Å². The van der Waals surface area contributed by atoms with E-state index in [0.29, 0.717) is 16.8 Å². The maximum Gasteiger partial charge on any atom is 0.387 e. The number of carbonyl (C=O) groups excluding carboxylic acids is 1. The van der Waals surface area contributed by atoms with Crippen molar-refractivity contribution in [1.29, 1.82) is 0 Å². The molecule has 6 nitrogen and oxygen atoms in total. The first kappa shape index (κ1) is 21.8. The van der Waals surface area contributed by atoms with Gasteiger partial charge in [-0.1, -0.05) is 30.3 Å². The Hall–Kier alpha value is -3.46. The fraction of sp³-hybridized carbons (Fsp3) is 0.174. The largest absolute Gasteiger partial charge is 0.435 e. The number of carbonyl (C=O) groups is 1. The van der Waals surface area contributed by atoms with Crippen molar-refractivity contribution >= 4 is 27.3 Å². The van der Waals surface area contributed by atoms with Crippen molar-refractivity contribution in [1.82, 2.24) is 0 Å². The van der Waals surface area contributed by atoms with Crippen LogP contribution in [0.5, 0.6) is 5.75 Å². The van der Waals surface area contributed by atoms with E-state index in [0.717, 1.165) is 5.56 Å². The van der Waals surface area contributed by atoms with E-state index < -0.39 is 16.6 Å². The van der Waals surface area contributed by atoms with E-state index >= 15 is 0 Å². The summed E-state index contributed by atoms with van der Waals surface area (Å²) in [5.41, 5.74) is 2.79. The molecule has 0 aromatic heterocycles. The summed E-state index contributed by atoms with van der Waals surface area (Å²) < 4.78 is 58.6. The van der Waals surface area contributed by atoms with E-state index in [1.807, 2.05) is 30.3 Å². The molecule has 32 heavy (non-hydrogen) atoms. The van der Waals surface area contributed by atoms with E-state index in [1.165, 1.54) is 35.2 Å². The molecule has 0 aliphatic carbocycles. The van der Waals surface area contributed by atoms with Crippen LogP contribution in [0.2, 0.25) is 0 Å². The second-order valence-corrected chi connectivity index (χ2v) is 9.07. The predicted molar refractivity (Wildman–Crippen MR) is 117 cm³/mol. The van der Waals surface area contributed by atoms with E-state index in [4.69, 9.17) is 0 Å². The van der Waals surface area contributed by atoms with Gasteiger partial charge in [0.2, 0.25) is 5.91 Å². The van der Waals surface area contributed by atoms with Crippen LogP contribution in [-0.4, -0.2) is 28.0 Å². The fourth-order valence-electron chi connectivity index (χ4n) is 3.64. The molecule has 0 radical (unpaired) electrons. The summed E-state index contributed by atoms with van der Waals surface area (Å²) >= 11 is 0. The van der Waals surface area contributed by atoms with Gasteiger partial charge in [-0.3, -0.25) is 9.52 Å². The molecule has 3 aromatic carbocycles. The molecule has 166 valence electrons. The minimum atomic E-state index is -3.96. The molecule has 0 bridgehead atoms. The van der Waals surface area contributed by atoms with Crippen molar-refractivity contribution in [2.75, 3.05) is 16.7 Å². The fourth-order valence-corrected chi connectivity index (χ4v) is 4.74. The molecule has 1 N–H and O–H groups in total. The molecule has 4 rings (SSSR count). The van der Waals surface area contributed by atoms with Crippen LogP contribution in [0.25, 0.3) is 0 Å². The Kier molecular flexibility index (Phi) is 5.84. The predicted octanol–water partition coefficient (Wildman–Crippen LogP) is 4.20. The molecule has 1 aliphatic heterocycles. The Balaban J connectivity index is 1.63. The number of sulfonamides is 1. The lowest BCUT2D eigenvalue weighted by Crippen LogP contribution is -2.20. The molecule has 1 heterocycles. The quantitative estimate of drug-likeness (QED) is 0.576. The van der Waals surface area contributed by atoms with Gasteiger partial charge >= 0.3 is 6.61 Å². The Labute approximate surface area is 184 Å². The molecule has 0 saturated carbocycles. The average molecular weight is 458 g/mol. The SMILES string of the molecule is CN1C(=O)Cc2cc(S(=O)(=O)Nc3ccc(OC(F)F)c(Cc4ccccc4)c3)ccc21. The summed E-state index contributed by atoms with van der Waals surface area (Å²) in [6.07, 6.45) is 0.418. The first-order chi connectivity index (χ1) is 15.2. The van der Waals surface area contributed by atoms with Crippen molar-refractivity contribution in [3.63, 3.8) is 0 Å². The van der Waals surface area contributed by atoms with E-state index in [9.17, 15) is 22.0 Å². The molecule has 0 saturated heterocycles. The number of anilines is 2. The van der Waals surface area contributed by atoms with Gasteiger partial charge in [-0.2, -0.15) is 8.78 Å². The van der Waals surface area contributed by atoms with Gasteiger partial charge in [-0.25, -0.2) is 8.42 Å². The smallest absolute Gasteiger partial charge is 0.387 e. The molecule has 0 fully saturated rings. The summed E-state index contributed by atoms with van der Waals surface area (Å²) in [5, 5.41) is 0. The normalized spacial score (nSPS) is 13.4. The Morgan fingerprint density at radius 2 is 1.81 bits per heavy atom. The molecule has 9 heteroatoms. The van der Waals surface area contributed by atoms with Gasteiger partial charge < -0.3 is 9.64 Å². The topological polar surface area (TPSA) is 75.7 Å². The first-order valence-electron chi connectivity index (χ1n) is 9.77. The number of nitrogens with one attached hydrogen (secondary N) is 1. The third-order valence-corrected chi connectivity index (χ3v) is 6.58. The second-order valence-electron chi connectivity index (χ2n) is 7.39. The zero-order valence-electron chi connectivity index (χ0n) is 17.1. The summed E-state index contributed by atoms with van der Waals surface area (Å²) in [6.45, 7) is -3.00. The highest BCUT2D eigenvalue weighted by molar-refractivity contribution is 7.92. The average Bonchev–Trinajstić information content (AvgIpc) is 3.03. The van der Waals surface area contributed by atoms with Crippen molar-refractivity contribution in [2.45, 2.75) is 24.3 Å². The highest BCUT2D eigenvalue weighted by atomic mass is 32.2. The van der Waals surface area contributed by atoms with Crippen molar-refractivity contribution < 1.29 is 26.7 Å². The van der Waals surface area contributed by atoms with Crippen LogP contribution in [0, 0.1) is 0 Å². The summed E-state index contributed by atoms with van der Waals surface area (Å²) in [4.78, 5) is 13.4. The van der Waals surface area contributed by atoms with Crippen LogP contribution >= 0.6 is 0 Å². The zero-order chi connectivity index (χ0) is 22.9. The number of halogens is 2. The number of fused-ring (bicyclic) bond motifs is 1. The lowest BCUT2D eigenvalue weighted by Gasteiger charge is -2.15. The number of amides is 1. The van der Waals surface area contributed by atoms with Crippen LogP contribution in [0.4, 0.5) is 20.2 Å². The Bertz CT molecular complexity index is 1260. The summed E-state index contributed by atoms with van der Waals surface area (Å²) in [6, 6.07) is 17.8. The van der Waals surface area contributed by atoms with Gasteiger partial charge in [0.25, 0.3) is 10.0 Å². The molecule has 0 unspecified atom stereocenters. The molecule has 0 atom stereocenters. The Morgan fingerprint density at radius 3 is 2.53 bits per heavy atom. The van der Waals surface area contributed by atoms with Gasteiger partial charge in [0.05, 0.1) is 11.3 Å². The van der Waals surface area contributed by atoms with Crippen molar-refractivity contribution in [3.05, 3.63) is 83.4 Å². The monoisotopic (exact) mass is 458 g/mol. The number of likely N-dealkylation sites (N-methyl/N-ethyl adjacent to an activating group) is 1. The Morgan fingerprint density at radius 1 is 1.06 bits per heavy atom. The van der Waals surface area contributed by atoms with Crippen LogP contribution in [-0.2, 0) is 27.7 Å². The lowest BCUT2D eigenvalue weighted by atomic mass is 10.0. The van der Waals surface area contributed by atoms with Crippen molar-refractivity contribution in [3.8, 4) is 5.75 Å². The number of ether oxygens (including phenoxy) is 1. The molecule has 3 aromatic rings. The van der Waals surface area contributed by atoms with Crippen LogP contribution in [0.15, 0.2) is 71.6 Å². The van der Waals surface area contributed by atoms with E-state index in [1.54, 1.807) is 13.1 Å². The number of rotatable bonds is 7. The van der Waals surface area contributed by atoms with Crippen LogP contribution in [0.1, 0.15) is 16.7 Å². The highest BCUT2D eigenvalue weighted by Gasteiger charge is 2.26. The van der Waals surface area contributed by atoms with Gasteiger partial charge in [-0.05, 0) is 47.5 Å².